The standard InChI is InChI=1S/C20H15OPS2/c21-22(16-8-3-1-4-9-16,17-10-5-2-6-11-17)20-14-13-19(24-20)18-12-7-15-23-18/h1-15H. The molecule has 0 saturated heterocycles. The van der Waals surface area contributed by atoms with Crippen LogP contribution in [0, 0.1) is 0 Å². The van der Waals surface area contributed by atoms with Crippen molar-refractivity contribution in [3.63, 3.8) is 0 Å². The molecule has 2 heterocycles. The first kappa shape index (κ1) is 15.6. The van der Waals surface area contributed by atoms with Gasteiger partial charge in [0, 0.05) is 20.4 Å². The Balaban J connectivity index is 1.90. The number of rotatable bonds is 4. The van der Waals surface area contributed by atoms with Gasteiger partial charge in [0.05, 0.1) is 4.62 Å². The van der Waals surface area contributed by atoms with Crippen LogP contribution in [0.15, 0.2) is 90.3 Å². The molecule has 4 heteroatoms. The van der Waals surface area contributed by atoms with E-state index in [1.807, 2.05) is 72.8 Å². The average molecular weight is 366 g/mol. The number of benzene rings is 2. The van der Waals surface area contributed by atoms with Crippen molar-refractivity contribution >= 4 is 45.0 Å². The second kappa shape index (κ2) is 6.52. The van der Waals surface area contributed by atoms with E-state index in [2.05, 4.69) is 17.5 Å². The molecule has 2 aromatic heterocycles. The highest BCUT2D eigenvalue weighted by molar-refractivity contribution is 7.89. The van der Waals surface area contributed by atoms with Gasteiger partial charge < -0.3 is 4.57 Å². The Kier molecular flexibility index (Phi) is 4.24. The maximum atomic E-state index is 14.2. The molecule has 24 heavy (non-hydrogen) atoms. The smallest absolute Gasteiger partial charge is 0.180 e. The van der Waals surface area contributed by atoms with Gasteiger partial charge in [-0.25, -0.2) is 0 Å². The molecule has 0 saturated carbocycles. The first-order valence-corrected chi connectivity index (χ1v) is 11.0. The largest absolute Gasteiger partial charge is 0.308 e. The molecule has 0 N–H and O–H groups in total. The molecule has 0 atom stereocenters. The lowest BCUT2D eigenvalue weighted by Crippen LogP contribution is -2.22. The van der Waals surface area contributed by atoms with E-state index < -0.39 is 7.14 Å². The first-order chi connectivity index (χ1) is 11.8. The summed E-state index contributed by atoms with van der Waals surface area (Å²) in [6.07, 6.45) is 0. The second-order valence-corrected chi connectivity index (χ2v) is 10.5. The zero-order valence-electron chi connectivity index (χ0n) is 12.8. The Morgan fingerprint density at radius 2 is 1.25 bits per heavy atom. The molecule has 4 rings (SSSR count). The minimum absolute atomic E-state index is 0.885. The summed E-state index contributed by atoms with van der Waals surface area (Å²) in [5.41, 5.74) is 0. The lowest BCUT2D eigenvalue weighted by atomic mass is 10.4. The third kappa shape index (κ3) is 2.69. The predicted octanol–water partition coefficient (Wildman–Crippen LogP) is 5.12. The topological polar surface area (TPSA) is 17.1 Å². The van der Waals surface area contributed by atoms with Gasteiger partial charge in [-0.3, -0.25) is 0 Å². The molecule has 2 aromatic carbocycles. The van der Waals surface area contributed by atoms with Crippen LogP contribution in [0.2, 0.25) is 0 Å². The summed E-state index contributed by atoms with van der Waals surface area (Å²) >= 11 is 3.35. The summed E-state index contributed by atoms with van der Waals surface area (Å²) in [4.78, 5) is 2.39. The Labute approximate surface area is 149 Å². The summed E-state index contributed by atoms with van der Waals surface area (Å²) in [6.45, 7) is 0. The second-order valence-electron chi connectivity index (χ2n) is 5.40. The maximum absolute atomic E-state index is 14.2. The lowest BCUT2D eigenvalue weighted by molar-refractivity contribution is 0.593. The van der Waals surface area contributed by atoms with Gasteiger partial charge in [-0.1, -0.05) is 66.7 Å². The minimum atomic E-state index is -2.83. The molecule has 0 radical (unpaired) electrons. The Morgan fingerprint density at radius 3 is 1.79 bits per heavy atom. The summed E-state index contributed by atoms with van der Waals surface area (Å²) in [6, 6.07) is 27.9. The highest BCUT2D eigenvalue weighted by atomic mass is 32.1. The Bertz CT molecular complexity index is 929. The van der Waals surface area contributed by atoms with Crippen LogP contribution in [0.1, 0.15) is 0 Å². The molecular formula is C20H15OPS2. The summed E-state index contributed by atoms with van der Waals surface area (Å²) in [5.74, 6) is 0. The predicted molar refractivity (Wildman–Crippen MR) is 107 cm³/mol. The van der Waals surface area contributed by atoms with Crippen LogP contribution < -0.4 is 15.2 Å². The normalized spacial score (nSPS) is 11.5. The molecule has 0 aliphatic rings. The number of hydrogen-bond donors (Lipinski definition) is 0. The third-order valence-corrected chi connectivity index (χ3v) is 9.72. The van der Waals surface area contributed by atoms with Crippen LogP contribution >= 0.6 is 29.8 Å². The molecule has 0 fully saturated rings. The van der Waals surface area contributed by atoms with E-state index in [0.29, 0.717) is 0 Å². The fourth-order valence-corrected chi connectivity index (χ4v) is 8.03. The van der Waals surface area contributed by atoms with Crippen LogP contribution in [0.4, 0.5) is 0 Å². The van der Waals surface area contributed by atoms with E-state index in [-0.39, 0.29) is 0 Å². The molecule has 118 valence electrons. The monoisotopic (exact) mass is 366 g/mol. The van der Waals surface area contributed by atoms with Gasteiger partial charge in [-0.15, -0.1) is 22.7 Å². The molecule has 0 unspecified atom stereocenters. The van der Waals surface area contributed by atoms with Crippen molar-refractivity contribution in [3.05, 3.63) is 90.3 Å². The third-order valence-electron chi connectivity index (χ3n) is 3.91. The van der Waals surface area contributed by atoms with Crippen molar-refractivity contribution in [2.75, 3.05) is 0 Å². The quantitative estimate of drug-likeness (QED) is 0.458. The van der Waals surface area contributed by atoms with Gasteiger partial charge in [0.25, 0.3) is 0 Å². The number of hydrogen-bond acceptors (Lipinski definition) is 3. The SMILES string of the molecule is O=P(c1ccccc1)(c1ccccc1)c1ccc(-c2cccs2)s1. The van der Waals surface area contributed by atoms with Crippen molar-refractivity contribution in [1.29, 1.82) is 0 Å². The highest BCUT2D eigenvalue weighted by Crippen LogP contribution is 2.45. The van der Waals surface area contributed by atoms with Crippen molar-refractivity contribution < 1.29 is 4.57 Å². The summed E-state index contributed by atoms with van der Waals surface area (Å²) in [7, 11) is -2.83. The van der Waals surface area contributed by atoms with E-state index in [1.165, 1.54) is 9.75 Å². The molecule has 0 aliphatic heterocycles. The highest BCUT2D eigenvalue weighted by Gasteiger charge is 2.31. The van der Waals surface area contributed by atoms with E-state index >= 15 is 0 Å². The van der Waals surface area contributed by atoms with Crippen molar-refractivity contribution in [2.24, 2.45) is 0 Å². The van der Waals surface area contributed by atoms with Crippen LogP contribution in [-0.4, -0.2) is 0 Å². The maximum Gasteiger partial charge on any atom is 0.180 e. The molecule has 0 spiro atoms. The van der Waals surface area contributed by atoms with Crippen LogP contribution in [0.3, 0.4) is 0 Å². The average Bonchev–Trinajstić information content (AvgIpc) is 3.34. The summed E-state index contributed by atoms with van der Waals surface area (Å²) < 4.78 is 15.1. The van der Waals surface area contributed by atoms with Crippen LogP contribution in [0.25, 0.3) is 9.75 Å². The van der Waals surface area contributed by atoms with Crippen molar-refractivity contribution in [2.45, 2.75) is 0 Å². The van der Waals surface area contributed by atoms with E-state index in [9.17, 15) is 4.57 Å². The Morgan fingerprint density at radius 1 is 0.625 bits per heavy atom. The minimum Gasteiger partial charge on any atom is -0.308 e. The number of thiophene rings is 2. The fourth-order valence-electron chi connectivity index (χ4n) is 2.73. The van der Waals surface area contributed by atoms with Crippen LogP contribution in [0.5, 0.6) is 0 Å². The van der Waals surface area contributed by atoms with Gasteiger partial charge in [-0.2, -0.15) is 0 Å². The molecule has 0 amide bonds. The zero-order chi connectivity index (χ0) is 16.4. The van der Waals surface area contributed by atoms with E-state index in [0.717, 1.165) is 15.2 Å². The van der Waals surface area contributed by atoms with E-state index in [4.69, 9.17) is 0 Å². The fraction of sp³-hybridized carbons (Fsp3) is 0. The van der Waals surface area contributed by atoms with E-state index in [1.54, 1.807) is 22.7 Å². The molecular weight excluding hydrogens is 351 g/mol. The van der Waals surface area contributed by atoms with Gasteiger partial charge >= 0.3 is 0 Å². The molecule has 1 nitrogen and oxygen atoms in total. The first-order valence-electron chi connectivity index (χ1n) is 7.64. The molecule has 0 bridgehead atoms. The van der Waals surface area contributed by atoms with Gasteiger partial charge in [-0.05, 0) is 23.6 Å². The van der Waals surface area contributed by atoms with Gasteiger partial charge in [0.1, 0.15) is 0 Å². The van der Waals surface area contributed by atoms with Gasteiger partial charge in [0.2, 0.25) is 0 Å². The zero-order valence-corrected chi connectivity index (χ0v) is 15.4. The Hall–Kier alpha value is -1.93. The molecule has 4 aromatic rings. The lowest BCUT2D eigenvalue weighted by Gasteiger charge is -2.17. The molecule has 0 aliphatic carbocycles. The van der Waals surface area contributed by atoms with Crippen LogP contribution in [-0.2, 0) is 4.57 Å². The van der Waals surface area contributed by atoms with Crippen molar-refractivity contribution in [3.8, 4) is 9.75 Å². The van der Waals surface area contributed by atoms with Crippen molar-refractivity contribution in [1.82, 2.24) is 0 Å². The van der Waals surface area contributed by atoms with Gasteiger partial charge in [0.15, 0.2) is 7.14 Å². The summed E-state index contributed by atoms with van der Waals surface area (Å²) in [5, 5.41) is 3.84.